The smallest absolute Gasteiger partial charge is 0.121 e. The zero-order valence-electron chi connectivity index (χ0n) is 11.6. The Morgan fingerprint density at radius 2 is 1.86 bits per heavy atom. The molecule has 1 aliphatic rings. The third kappa shape index (κ3) is 3.91. The van der Waals surface area contributed by atoms with E-state index in [-0.39, 0.29) is 6.10 Å². The number of hydrogen-bond acceptors (Lipinski definition) is 2. The molecule has 1 heterocycles. The summed E-state index contributed by atoms with van der Waals surface area (Å²) in [7, 11) is 0. The van der Waals surface area contributed by atoms with E-state index in [1.165, 1.54) is 5.56 Å². The van der Waals surface area contributed by atoms with E-state index in [0.29, 0.717) is 10.0 Å². The number of nitrogens with zero attached hydrogens (tertiary/aromatic N) is 1. The van der Waals surface area contributed by atoms with Gasteiger partial charge in [0.05, 0.1) is 10.0 Å². The number of rotatable bonds is 4. The van der Waals surface area contributed by atoms with Crippen LogP contribution >= 0.6 is 23.2 Å². The summed E-state index contributed by atoms with van der Waals surface area (Å²) < 4.78 is 5.99. The maximum absolute atomic E-state index is 6.01. The highest BCUT2D eigenvalue weighted by Crippen LogP contribution is 2.28. The Balaban J connectivity index is 1.56. The van der Waals surface area contributed by atoms with Crippen LogP contribution in [-0.2, 0) is 6.54 Å². The predicted octanol–water partition coefficient (Wildman–Crippen LogP) is 4.65. The second-order valence-electron chi connectivity index (χ2n) is 5.33. The van der Waals surface area contributed by atoms with Crippen LogP contribution in [0.25, 0.3) is 0 Å². The van der Waals surface area contributed by atoms with Crippen molar-refractivity contribution >= 4 is 23.2 Å². The van der Waals surface area contributed by atoms with Gasteiger partial charge in [0.25, 0.3) is 0 Å². The molecule has 1 fully saturated rings. The van der Waals surface area contributed by atoms with E-state index in [0.717, 1.165) is 31.8 Å². The lowest BCUT2D eigenvalue weighted by Crippen LogP contribution is -2.24. The van der Waals surface area contributed by atoms with Crippen molar-refractivity contribution in [3.05, 3.63) is 64.1 Å². The highest BCUT2D eigenvalue weighted by molar-refractivity contribution is 6.42. The van der Waals surface area contributed by atoms with E-state index in [2.05, 4.69) is 29.2 Å². The van der Waals surface area contributed by atoms with Crippen molar-refractivity contribution in [2.45, 2.75) is 19.1 Å². The predicted molar refractivity (Wildman–Crippen MR) is 87.2 cm³/mol. The van der Waals surface area contributed by atoms with Crippen LogP contribution < -0.4 is 4.74 Å². The van der Waals surface area contributed by atoms with Crippen LogP contribution in [0.4, 0.5) is 0 Å². The van der Waals surface area contributed by atoms with Crippen LogP contribution in [0.5, 0.6) is 5.75 Å². The molecule has 0 spiro atoms. The Labute approximate surface area is 135 Å². The summed E-state index contributed by atoms with van der Waals surface area (Å²) in [6.45, 7) is 2.97. The van der Waals surface area contributed by atoms with Gasteiger partial charge in [-0.3, -0.25) is 4.90 Å². The van der Waals surface area contributed by atoms with Crippen molar-refractivity contribution in [3.63, 3.8) is 0 Å². The van der Waals surface area contributed by atoms with Gasteiger partial charge in [0.15, 0.2) is 0 Å². The van der Waals surface area contributed by atoms with Gasteiger partial charge in [0.1, 0.15) is 11.9 Å². The normalized spacial score (nSPS) is 18.9. The SMILES string of the molecule is Clc1ccc(OC2CCN(Cc3ccccc3)C2)cc1Cl. The molecule has 0 N–H and O–H groups in total. The largest absolute Gasteiger partial charge is 0.489 e. The van der Waals surface area contributed by atoms with Gasteiger partial charge in [-0.05, 0) is 24.1 Å². The zero-order valence-corrected chi connectivity index (χ0v) is 13.1. The number of halogens is 2. The first-order valence-electron chi connectivity index (χ1n) is 7.09. The quantitative estimate of drug-likeness (QED) is 0.812. The maximum Gasteiger partial charge on any atom is 0.121 e. The Bertz CT molecular complexity index is 603. The van der Waals surface area contributed by atoms with Crippen LogP contribution in [0.2, 0.25) is 10.0 Å². The van der Waals surface area contributed by atoms with Crippen molar-refractivity contribution in [3.8, 4) is 5.75 Å². The molecule has 0 saturated carbocycles. The molecule has 3 rings (SSSR count). The van der Waals surface area contributed by atoms with Gasteiger partial charge in [-0.15, -0.1) is 0 Å². The fourth-order valence-electron chi connectivity index (χ4n) is 2.62. The number of likely N-dealkylation sites (tertiary alicyclic amines) is 1. The Kier molecular flexibility index (Phi) is 4.69. The number of benzene rings is 2. The summed E-state index contributed by atoms with van der Waals surface area (Å²) in [5.74, 6) is 0.788. The third-order valence-corrected chi connectivity index (χ3v) is 4.41. The van der Waals surface area contributed by atoms with Crippen molar-refractivity contribution in [1.29, 1.82) is 0 Å². The molecular formula is C17H17Cl2NO. The van der Waals surface area contributed by atoms with E-state index >= 15 is 0 Å². The summed E-state index contributed by atoms with van der Waals surface area (Å²) in [6.07, 6.45) is 1.25. The minimum Gasteiger partial charge on any atom is -0.489 e. The third-order valence-electron chi connectivity index (χ3n) is 3.67. The van der Waals surface area contributed by atoms with Gasteiger partial charge in [-0.25, -0.2) is 0 Å². The lowest BCUT2D eigenvalue weighted by molar-refractivity contribution is 0.198. The first-order valence-corrected chi connectivity index (χ1v) is 7.84. The van der Waals surface area contributed by atoms with Crippen LogP contribution in [0.1, 0.15) is 12.0 Å². The van der Waals surface area contributed by atoms with Crippen LogP contribution in [0, 0.1) is 0 Å². The van der Waals surface area contributed by atoms with Gasteiger partial charge >= 0.3 is 0 Å². The molecule has 2 nitrogen and oxygen atoms in total. The molecule has 0 aliphatic carbocycles. The highest BCUT2D eigenvalue weighted by atomic mass is 35.5. The molecule has 1 saturated heterocycles. The molecule has 110 valence electrons. The summed E-state index contributed by atoms with van der Waals surface area (Å²) >= 11 is 11.9. The minimum atomic E-state index is 0.214. The number of hydrogen-bond donors (Lipinski definition) is 0. The monoisotopic (exact) mass is 321 g/mol. The fraction of sp³-hybridized carbons (Fsp3) is 0.294. The molecule has 2 aromatic rings. The first-order chi connectivity index (χ1) is 10.2. The van der Waals surface area contributed by atoms with Gasteiger partial charge in [-0.2, -0.15) is 0 Å². The van der Waals surface area contributed by atoms with E-state index in [1.807, 2.05) is 12.1 Å². The van der Waals surface area contributed by atoms with Crippen molar-refractivity contribution in [1.82, 2.24) is 4.90 Å². The second kappa shape index (κ2) is 6.69. The molecule has 2 aromatic carbocycles. The molecular weight excluding hydrogens is 305 g/mol. The van der Waals surface area contributed by atoms with Crippen LogP contribution in [0.15, 0.2) is 48.5 Å². The molecule has 0 bridgehead atoms. The fourth-order valence-corrected chi connectivity index (χ4v) is 2.91. The highest BCUT2D eigenvalue weighted by Gasteiger charge is 2.24. The lowest BCUT2D eigenvalue weighted by atomic mass is 10.2. The van der Waals surface area contributed by atoms with E-state index in [9.17, 15) is 0 Å². The van der Waals surface area contributed by atoms with Crippen molar-refractivity contribution in [2.24, 2.45) is 0 Å². The van der Waals surface area contributed by atoms with Crippen LogP contribution in [0.3, 0.4) is 0 Å². The lowest BCUT2D eigenvalue weighted by Gasteiger charge is -2.17. The molecule has 1 unspecified atom stereocenters. The van der Waals surface area contributed by atoms with E-state index in [4.69, 9.17) is 27.9 Å². The van der Waals surface area contributed by atoms with Gasteiger partial charge < -0.3 is 4.74 Å². The van der Waals surface area contributed by atoms with E-state index < -0.39 is 0 Å². The summed E-state index contributed by atoms with van der Waals surface area (Å²) in [5.41, 5.74) is 1.34. The van der Waals surface area contributed by atoms with Crippen LogP contribution in [-0.4, -0.2) is 24.1 Å². The van der Waals surface area contributed by atoms with Gasteiger partial charge in [-0.1, -0.05) is 53.5 Å². The van der Waals surface area contributed by atoms with Gasteiger partial charge in [0, 0.05) is 25.7 Å². The molecule has 0 radical (unpaired) electrons. The zero-order chi connectivity index (χ0) is 14.7. The van der Waals surface area contributed by atoms with Crippen molar-refractivity contribution < 1.29 is 4.74 Å². The Hall–Kier alpha value is -1.22. The molecule has 0 amide bonds. The Morgan fingerprint density at radius 3 is 2.62 bits per heavy atom. The molecule has 1 atom stereocenters. The minimum absolute atomic E-state index is 0.214. The molecule has 0 aromatic heterocycles. The molecule has 4 heteroatoms. The molecule has 21 heavy (non-hydrogen) atoms. The van der Waals surface area contributed by atoms with Gasteiger partial charge in [0.2, 0.25) is 0 Å². The van der Waals surface area contributed by atoms with E-state index in [1.54, 1.807) is 12.1 Å². The van der Waals surface area contributed by atoms with Crippen molar-refractivity contribution in [2.75, 3.05) is 13.1 Å². The topological polar surface area (TPSA) is 12.5 Å². The summed E-state index contributed by atoms with van der Waals surface area (Å²) in [4.78, 5) is 2.41. The number of ether oxygens (including phenoxy) is 1. The Morgan fingerprint density at radius 1 is 1.05 bits per heavy atom. The second-order valence-corrected chi connectivity index (χ2v) is 6.14. The average molecular weight is 322 g/mol. The molecule has 1 aliphatic heterocycles. The first kappa shape index (κ1) is 14.7. The average Bonchev–Trinajstić information content (AvgIpc) is 2.91. The summed E-state index contributed by atoms with van der Waals surface area (Å²) in [6, 6.07) is 15.9. The summed E-state index contributed by atoms with van der Waals surface area (Å²) in [5, 5.41) is 1.09. The standard InChI is InChI=1S/C17H17Cl2NO/c18-16-7-6-14(10-17(16)19)21-15-8-9-20(12-15)11-13-4-2-1-3-5-13/h1-7,10,15H,8-9,11-12H2. The maximum atomic E-state index is 6.01.